The lowest BCUT2D eigenvalue weighted by Crippen LogP contribution is -2.43. The summed E-state index contributed by atoms with van der Waals surface area (Å²) >= 11 is 0. The van der Waals surface area contributed by atoms with Crippen molar-refractivity contribution in [2.45, 2.75) is 26.7 Å². The predicted molar refractivity (Wildman–Crippen MR) is 77.1 cm³/mol. The minimum Gasteiger partial charge on any atom is -0.384 e. The molecule has 4 nitrogen and oxygen atoms in total. The van der Waals surface area contributed by atoms with E-state index in [1.54, 1.807) is 18.3 Å². The highest BCUT2D eigenvalue weighted by atomic mass is 16.2. The molecule has 0 saturated carbocycles. The van der Waals surface area contributed by atoms with E-state index >= 15 is 0 Å². The smallest absolute Gasteiger partial charge is 0.272 e. The zero-order valence-corrected chi connectivity index (χ0v) is 12.0. The van der Waals surface area contributed by atoms with E-state index in [9.17, 15) is 4.79 Å². The van der Waals surface area contributed by atoms with Crippen LogP contribution < -0.4 is 0 Å². The Morgan fingerprint density at radius 3 is 2.90 bits per heavy atom. The number of carbonyl (C=O) groups is 1. The number of piperidine rings is 1. The molecule has 20 heavy (non-hydrogen) atoms. The Morgan fingerprint density at radius 2 is 2.30 bits per heavy atom. The molecule has 1 aliphatic rings. The summed E-state index contributed by atoms with van der Waals surface area (Å²) in [6.45, 7) is 5.78. The zero-order chi connectivity index (χ0) is 14.6. The highest BCUT2D eigenvalue weighted by Gasteiger charge is 2.29. The second-order valence-electron chi connectivity index (χ2n) is 5.89. The van der Waals surface area contributed by atoms with Crippen molar-refractivity contribution in [2.24, 2.45) is 5.41 Å². The van der Waals surface area contributed by atoms with Crippen LogP contribution in [0.5, 0.6) is 0 Å². The summed E-state index contributed by atoms with van der Waals surface area (Å²) in [6, 6.07) is 3.46. The molecule has 4 heteroatoms. The number of aliphatic hydroxyl groups is 1. The molecule has 1 aliphatic heterocycles. The van der Waals surface area contributed by atoms with Gasteiger partial charge in [-0.1, -0.05) is 25.7 Å². The lowest BCUT2D eigenvalue weighted by Gasteiger charge is -2.37. The van der Waals surface area contributed by atoms with Gasteiger partial charge in [0.25, 0.3) is 5.91 Å². The summed E-state index contributed by atoms with van der Waals surface area (Å²) < 4.78 is 0. The number of likely N-dealkylation sites (tertiary alicyclic amines) is 1. The number of hydrogen-bond donors (Lipinski definition) is 1. The van der Waals surface area contributed by atoms with Gasteiger partial charge in [-0.15, -0.1) is 0 Å². The highest BCUT2D eigenvalue weighted by molar-refractivity contribution is 5.92. The second-order valence-corrected chi connectivity index (χ2v) is 5.89. The van der Waals surface area contributed by atoms with Gasteiger partial charge in [0.05, 0.1) is 0 Å². The number of carbonyl (C=O) groups excluding carboxylic acids is 1. The third-order valence-corrected chi connectivity index (χ3v) is 3.48. The quantitative estimate of drug-likeness (QED) is 0.792. The van der Waals surface area contributed by atoms with E-state index in [4.69, 9.17) is 5.11 Å². The van der Waals surface area contributed by atoms with E-state index in [1.165, 1.54) is 0 Å². The first-order valence-electron chi connectivity index (χ1n) is 6.87. The van der Waals surface area contributed by atoms with E-state index in [0.29, 0.717) is 11.3 Å². The lowest BCUT2D eigenvalue weighted by atomic mass is 9.84. The molecule has 0 aliphatic carbocycles. The van der Waals surface area contributed by atoms with Crippen molar-refractivity contribution in [3.05, 3.63) is 29.6 Å². The van der Waals surface area contributed by atoms with E-state index in [-0.39, 0.29) is 17.9 Å². The van der Waals surface area contributed by atoms with Crippen molar-refractivity contribution < 1.29 is 9.90 Å². The summed E-state index contributed by atoms with van der Waals surface area (Å²) in [4.78, 5) is 18.5. The van der Waals surface area contributed by atoms with Gasteiger partial charge < -0.3 is 10.0 Å². The predicted octanol–water partition coefficient (Wildman–Crippen LogP) is 1.69. The van der Waals surface area contributed by atoms with Gasteiger partial charge >= 0.3 is 0 Å². The van der Waals surface area contributed by atoms with E-state index in [2.05, 4.69) is 30.7 Å². The van der Waals surface area contributed by atoms with Crippen LogP contribution in [0.4, 0.5) is 0 Å². The first-order valence-corrected chi connectivity index (χ1v) is 6.87. The minimum absolute atomic E-state index is 0.0144. The van der Waals surface area contributed by atoms with Crippen LogP contribution in [0.25, 0.3) is 0 Å². The first kappa shape index (κ1) is 14.5. The van der Waals surface area contributed by atoms with Crippen molar-refractivity contribution in [2.75, 3.05) is 19.7 Å². The van der Waals surface area contributed by atoms with Crippen LogP contribution in [-0.2, 0) is 0 Å². The van der Waals surface area contributed by atoms with Crippen LogP contribution in [0.15, 0.2) is 18.3 Å². The van der Waals surface area contributed by atoms with E-state index < -0.39 is 0 Å². The molecule has 1 aromatic rings. The van der Waals surface area contributed by atoms with Gasteiger partial charge in [-0.25, -0.2) is 4.98 Å². The number of hydrogen-bond acceptors (Lipinski definition) is 3. The van der Waals surface area contributed by atoms with Gasteiger partial charge in [-0.05, 0) is 30.4 Å². The Balaban J connectivity index is 2.09. The Bertz CT molecular complexity index is 538. The van der Waals surface area contributed by atoms with E-state index in [1.807, 2.05) is 4.90 Å². The molecule has 0 bridgehead atoms. The fourth-order valence-corrected chi connectivity index (χ4v) is 2.49. The monoisotopic (exact) mass is 272 g/mol. The summed E-state index contributed by atoms with van der Waals surface area (Å²) in [5.74, 6) is 5.31. The van der Waals surface area contributed by atoms with Crippen molar-refractivity contribution in [3.63, 3.8) is 0 Å². The van der Waals surface area contributed by atoms with E-state index in [0.717, 1.165) is 25.9 Å². The molecule has 2 heterocycles. The maximum absolute atomic E-state index is 12.4. The van der Waals surface area contributed by atoms with Crippen molar-refractivity contribution in [1.29, 1.82) is 0 Å². The second kappa shape index (κ2) is 6.06. The summed E-state index contributed by atoms with van der Waals surface area (Å²) in [6.07, 6.45) is 3.77. The van der Waals surface area contributed by atoms with Crippen LogP contribution in [-0.4, -0.2) is 40.6 Å². The standard InChI is InChI=1S/C16H20N2O2/c1-16(2)8-4-9-18(12-16)15(20)14-7-6-13(11-17-14)5-3-10-19/h6-7,11,19H,4,8-10,12H2,1-2H3. The summed E-state index contributed by atoms with van der Waals surface area (Å²) in [7, 11) is 0. The molecule has 1 aromatic heterocycles. The summed E-state index contributed by atoms with van der Waals surface area (Å²) in [5.41, 5.74) is 1.34. The number of aliphatic hydroxyl groups excluding tert-OH is 1. The Kier molecular flexibility index (Phi) is 4.41. The van der Waals surface area contributed by atoms with Crippen LogP contribution in [0, 0.1) is 17.3 Å². The largest absolute Gasteiger partial charge is 0.384 e. The van der Waals surface area contributed by atoms with Crippen LogP contribution in [0.1, 0.15) is 42.7 Å². The first-order chi connectivity index (χ1) is 9.52. The average molecular weight is 272 g/mol. The van der Waals surface area contributed by atoms with Gasteiger partial charge in [-0.2, -0.15) is 0 Å². The molecule has 2 rings (SSSR count). The molecular formula is C16H20N2O2. The third-order valence-electron chi connectivity index (χ3n) is 3.48. The van der Waals surface area contributed by atoms with Crippen LogP contribution in [0.2, 0.25) is 0 Å². The third kappa shape index (κ3) is 3.58. The van der Waals surface area contributed by atoms with Gasteiger partial charge in [0, 0.05) is 24.8 Å². The lowest BCUT2D eigenvalue weighted by molar-refractivity contribution is 0.0577. The Hall–Kier alpha value is -1.86. The molecule has 1 N–H and O–H groups in total. The molecular weight excluding hydrogens is 252 g/mol. The summed E-state index contributed by atoms with van der Waals surface area (Å²) in [5, 5.41) is 8.63. The Morgan fingerprint density at radius 1 is 1.50 bits per heavy atom. The molecule has 1 amide bonds. The van der Waals surface area contributed by atoms with Gasteiger partial charge in [0.1, 0.15) is 12.3 Å². The van der Waals surface area contributed by atoms with Crippen LogP contribution in [0.3, 0.4) is 0 Å². The SMILES string of the molecule is CC1(C)CCCN(C(=O)c2ccc(C#CCO)cn2)C1. The molecule has 0 unspecified atom stereocenters. The van der Waals surface area contributed by atoms with Crippen molar-refractivity contribution in [3.8, 4) is 11.8 Å². The number of pyridine rings is 1. The number of amides is 1. The maximum Gasteiger partial charge on any atom is 0.272 e. The van der Waals surface area contributed by atoms with Crippen molar-refractivity contribution >= 4 is 5.91 Å². The zero-order valence-electron chi connectivity index (χ0n) is 12.0. The topological polar surface area (TPSA) is 53.4 Å². The Labute approximate surface area is 119 Å². The van der Waals surface area contributed by atoms with Crippen LogP contribution >= 0.6 is 0 Å². The minimum atomic E-state index is -0.177. The maximum atomic E-state index is 12.4. The highest BCUT2D eigenvalue weighted by Crippen LogP contribution is 2.28. The van der Waals surface area contributed by atoms with Gasteiger partial charge in [-0.3, -0.25) is 4.79 Å². The molecule has 0 atom stereocenters. The fraction of sp³-hybridized carbons (Fsp3) is 0.500. The van der Waals surface area contributed by atoms with Crippen molar-refractivity contribution in [1.82, 2.24) is 9.88 Å². The molecule has 1 saturated heterocycles. The normalized spacial score (nSPS) is 17.2. The van der Waals surface area contributed by atoms with Gasteiger partial charge in [0.2, 0.25) is 0 Å². The molecule has 0 aromatic carbocycles. The van der Waals surface area contributed by atoms with Gasteiger partial charge in [0.15, 0.2) is 0 Å². The molecule has 0 spiro atoms. The average Bonchev–Trinajstić information content (AvgIpc) is 2.44. The molecule has 1 fully saturated rings. The number of aromatic nitrogens is 1. The number of rotatable bonds is 1. The molecule has 106 valence electrons. The fourth-order valence-electron chi connectivity index (χ4n) is 2.49. The molecule has 0 radical (unpaired) electrons. The number of nitrogens with zero attached hydrogens (tertiary/aromatic N) is 2.